The van der Waals surface area contributed by atoms with Gasteiger partial charge in [-0.15, -0.1) is 0 Å². The number of aromatic hydroxyl groups is 1. The van der Waals surface area contributed by atoms with E-state index in [1.165, 1.54) is 11.1 Å². The lowest BCUT2D eigenvalue weighted by atomic mass is 10.1. The highest BCUT2D eigenvalue weighted by Gasteiger charge is 1.99. The van der Waals surface area contributed by atoms with E-state index in [4.69, 9.17) is 4.84 Å². The molecule has 0 aromatic heterocycles. The van der Waals surface area contributed by atoms with Gasteiger partial charge in [0.05, 0.1) is 0 Å². The molecule has 33 heavy (non-hydrogen) atoms. The molecule has 3 aromatic rings. The molecule has 0 aliphatic carbocycles. The van der Waals surface area contributed by atoms with Crippen LogP contribution in [0.15, 0.2) is 91.0 Å². The molecule has 0 radical (unpaired) electrons. The van der Waals surface area contributed by atoms with Crippen LogP contribution in [0.25, 0.3) is 17.2 Å². The summed E-state index contributed by atoms with van der Waals surface area (Å²) in [4.78, 5) is 5.46. The fourth-order valence-corrected chi connectivity index (χ4v) is 2.69. The third-order valence-electron chi connectivity index (χ3n) is 4.54. The SMILES string of the molecule is C=C(C)/C=C\c1cccc(O)c1C.CC.CC(C)CNOc1ccc(-c2ccccc2)cc1. The number of allylic oxidation sites excluding steroid dienone is 2. The van der Waals surface area contributed by atoms with Crippen molar-refractivity contribution in [2.45, 2.75) is 41.5 Å². The maximum Gasteiger partial charge on any atom is 0.147 e. The van der Waals surface area contributed by atoms with Crippen LogP contribution in [0, 0.1) is 12.8 Å². The van der Waals surface area contributed by atoms with Crippen LogP contribution in [0.5, 0.6) is 11.5 Å². The highest BCUT2D eigenvalue weighted by molar-refractivity contribution is 5.64. The fraction of sp³-hybridized carbons (Fsp3) is 0.267. The van der Waals surface area contributed by atoms with Gasteiger partial charge < -0.3 is 9.94 Å². The molecular formula is C30H39NO2. The Morgan fingerprint density at radius 1 is 0.939 bits per heavy atom. The molecule has 0 fully saturated rings. The van der Waals surface area contributed by atoms with E-state index in [2.05, 4.69) is 50.2 Å². The highest BCUT2D eigenvalue weighted by Crippen LogP contribution is 2.22. The van der Waals surface area contributed by atoms with Crippen LogP contribution in [0.2, 0.25) is 0 Å². The van der Waals surface area contributed by atoms with Crippen molar-refractivity contribution in [2.75, 3.05) is 6.54 Å². The third kappa shape index (κ3) is 10.7. The molecule has 176 valence electrons. The zero-order valence-corrected chi connectivity index (χ0v) is 20.9. The van der Waals surface area contributed by atoms with E-state index in [9.17, 15) is 5.11 Å². The first kappa shape index (κ1) is 27.7. The van der Waals surface area contributed by atoms with Gasteiger partial charge in [0.15, 0.2) is 0 Å². The van der Waals surface area contributed by atoms with Gasteiger partial charge in [0, 0.05) is 6.54 Å². The van der Waals surface area contributed by atoms with Gasteiger partial charge in [0.2, 0.25) is 0 Å². The first-order valence-corrected chi connectivity index (χ1v) is 11.5. The summed E-state index contributed by atoms with van der Waals surface area (Å²) in [5.74, 6) is 1.76. The first-order chi connectivity index (χ1) is 15.9. The number of phenols is 1. The molecule has 0 atom stereocenters. The number of rotatable bonds is 7. The largest absolute Gasteiger partial charge is 0.508 e. The van der Waals surface area contributed by atoms with Crippen LogP contribution in [0.1, 0.15) is 45.7 Å². The van der Waals surface area contributed by atoms with Crippen LogP contribution < -0.4 is 10.3 Å². The van der Waals surface area contributed by atoms with Gasteiger partial charge in [-0.1, -0.05) is 107 Å². The summed E-state index contributed by atoms with van der Waals surface area (Å²) in [5.41, 5.74) is 8.32. The quantitative estimate of drug-likeness (QED) is 0.284. The fourth-order valence-electron chi connectivity index (χ4n) is 2.69. The smallest absolute Gasteiger partial charge is 0.147 e. The van der Waals surface area contributed by atoms with E-state index in [0.29, 0.717) is 11.7 Å². The zero-order valence-electron chi connectivity index (χ0n) is 20.9. The Morgan fingerprint density at radius 2 is 1.55 bits per heavy atom. The van der Waals surface area contributed by atoms with Crippen molar-refractivity contribution >= 4 is 6.08 Å². The highest BCUT2D eigenvalue weighted by atomic mass is 16.6. The van der Waals surface area contributed by atoms with Crippen molar-refractivity contribution in [3.05, 3.63) is 102 Å². The molecule has 0 aliphatic rings. The predicted molar refractivity (Wildman–Crippen MR) is 143 cm³/mol. The second-order valence-electron chi connectivity index (χ2n) is 7.91. The number of hydroxylamine groups is 1. The van der Waals surface area contributed by atoms with Gasteiger partial charge in [0.25, 0.3) is 0 Å². The molecule has 0 unspecified atom stereocenters. The van der Waals surface area contributed by atoms with E-state index in [0.717, 1.165) is 29.0 Å². The number of hydrogen-bond acceptors (Lipinski definition) is 3. The van der Waals surface area contributed by atoms with Gasteiger partial charge in [-0.3, -0.25) is 0 Å². The van der Waals surface area contributed by atoms with Crippen molar-refractivity contribution in [1.29, 1.82) is 0 Å². The monoisotopic (exact) mass is 445 g/mol. The van der Waals surface area contributed by atoms with Crippen molar-refractivity contribution in [3.8, 4) is 22.6 Å². The second kappa shape index (κ2) is 15.5. The number of hydrogen-bond donors (Lipinski definition) is 2. The van der Waals surface area contributed by atoms with Crippen molar-refractivity contribution in [1.82, 2.24) is 5.48 Å². The van der Waals surface area contributed by atoms with E-state index in [1.807, 2.05) is 82.3 Å². The number of nitrogens with one attached hydrogen (secondary N) is 1. The summed E-state index contributed by atoms with van der Waals surface area (Å²) >= 11 is 0. The Hall–Kier alpha value is -3.30. The summed E-state index contributed by atoms with van der Waals surface area (Å²) in [6.45, 7) is 16.8. The van der Waals surface area contributed by atoms with E-state index in [1.54, 1.807) is 6.07 Å². The standard InChI is InChI=1S/C16H19NO.C12H14O.C2H6/c1-13(2)12-17-18-16-10-8-15(9-11-16)14-6-4-3-5-7-14;1-9(2)7-8-11-5-4-6-12(13)10(11)3;1-2/h3-11,13,17H,12H2,1-2H3;4-8,13H,1H2,2-3H3;1-2H3/b;8-7-;. The average Bonchev–Trinajstić information content (AvgIpc) is 2.82. The maximum absolute atomic E-state index is 9.41. The molecule has 0 spiro atoms. The topological polar surface area (TPSA) is 41.5 Å². The second-order valence-corrected chi connectivity index (χ2v) is 7.91. The normalized spacial score (nSPS) is 10.2. The molecule has 3 aromatic carbocycles. The van der Waals surface area contributed by atoms with Crippen LogP contribution in [0.4, 0.5) is 0 Å². The molecule has 0 saturated heterocycles. The predicted octanol–water partition coefficient (Wildman–Crippen LogP) is 8.21. The Kier molecular flexibility index (Phi) is 13.0. The lowest BCUT2D eigenvalue weighted by molar-refractivity contribution is 0.183. The molecule has 3 heteroatoms. The average molecular weight is 446 g/mol. The first-order valence-electron chi connectivity index (χ1n) is 11.5. The van der Waals surface area contributed by atoms with E-state index < -0.39 is 0 Å². The van der Waals surface area contributed by atoms with Crippen LogP contribution in [0.3, 0.4) is 0 Å². The molecule has 2 N–H and O–H groups in total. The lowest BCUT2D eigenvalue weighted by Crippen LogP contribution is -2.23. The summed E-state index contributed by atoms with van der Waals surface area (Å²) in [7, 11) is 0. The van der Waals surface area contributed by atoms with Crippen LogP contribution in [-0.4, -0.2) is 11.7 Å². The van der Waals surface area contributed by atoms with Gasteiger partial charge in [-0.05, 0) is 60.2 Å². The minimum absolute atomic E-state index is 0.337. The molecule has 3 rings (SSSR count). The van der Waals surface area contributed by atoms with Gasteiger partial charge >= 0.3 is 0 Å². The summed E-state index contributed by atoms with van der Waals surface area (Å²) in [6, 6.07) is 23.9. The van der Waals surface area contributed by atoms with E-state index >= 15 is 0 Å². The molecule has 3 nitrogen and oxygen atoms in total. The summed E-state index contributed by atoms with van der Waals surface area (Å²) in [6.07, 6.45) is 3.89. The van der Waals surface area contributed by atoms with Gasteiger partial charge in [-0.25, -0.2) is 0 Å². The lowest BCUT2D eigenvalue weighted by Gasteiger charge is -2.09. The molecule has 0 saturated carbocycles. The van der Waals surface area contributed by atoms with E-state index in [-0.39, 0.29) is 0 Å². The molecule has 0 bridgehead atoms. The summed E-state index contributed by atoms with van der Waals surface area (Å²) < 4.78 is 0. The third-order valence-corrected chi connectivity index (χ3v) is 4.54. The Balaban J connectivity index is 0.000000322. The number of benzene rings is 3. The molecule has 0 heterocycles. The Labute approximate surface area is 200 Å². The Morgan fingerprint density at radius 3 is 2.12 bits per heavy atom. The van der Waals surface area contributed by atoms with Gasteiger partial charge in [-0.2, -0.15) is 5.48 Å². The summed E-state index contributed by atoms with van der Waals surface area (Å²) in [5, 5.41) is 9.41. The minimum Gasteiger partial charge on any atom is -0.508 e. The van der Waals surface area contributed by atoms with Crippen LogP contribution in [-0.2, 0) is 0 Å². The molecule has 0 aliphatic heterocycles. The van der Waals surface area contributed by atoms with Gasteiger partial charge in [0.1, 0.15) is 11.5 Å². The van der Waals surface area contributed by atoms with Crippen molar-refractivity contribution in [3.63, 3.8) is 0 Å². The Bertz CT molecular complexity index is 974. The molecular weight excluding hydrogens is 406 g/mol. The van der Waals surface area contributed by atoms with Crippen molar-refractivity contribution in [2.24, 2.45) is 5.92 Å². The molecule has 0 amide bonds. The number of phenolic OH excluding ortho intramolecular Hbond substituents is 1. The zero-order chi connectivity index (χ0) is 24.6. The maximum atomic E-state index is 9.41. The van der Waals surface area contributed by atoms with Crippen molar-refractivity contribution < 1.29 is 9.94 Å². The van der Waals surface area contributed by atoms with Crippen LogP contribution >= 0.6 is 0 Å². The minimum atomic E-state index is 0.337.